The Kier molecular flexibility index (Phi) is 8.97. The summed E-state index contributed by atoms with van der Waals surface area (Å²) in [6.45, 7) is 7.81. The molecule has 0 aliphatic rings. The van der Waals surface area contributed by atoms with Crippen molar-refractivity contribution in [3.8, 4) is 11.5 Å². The molecule has 8 nitrogen and oxygen atoms in total. The predicted octanol–water partition coefficient (Wildman–Crippen LogP) is 6.67. The van der Waals surface area contributed by atoms with E-state index < -0.39 is 48.1 Å². The molecule has 0 spiro atoms. The summed E-state index contributed by atoms with van der Waals surface area (Å²) in [5, 5.41) is 11.0. The number of benzene rings is 2. The quantitative estimate of drug-likeness (QED) is 0.122. The third-order valence-corrected chi connectivity index (χ3v) is 6.30. The van der Waals surface area contributed by atoms with E-state index in [9.17, 15) is 32.6 Å². The van der Waals surface area contributed by atoms with Crippen LogP contribution in [-0.2, 0) is 31.2 Å². The van der Waals surface area contributed by atoms with Gasteiger partial charge in [-0.2, -0.15) is 13.2 Å². The van der Waals surface area contributed by atoms with Gasteiger partial charge in [-0.25, -0.2) is 0 Å². The lowest BCUT2D eigenvalue weighted by Gasteiger charge is -2.21. The van der Waals surface area contributed by atoms with Gasteiger partial charge in [-0.1, -0.05) is 18.5 Å². The van der Waals surface area contributed by atoms with Crippen molar-refractivity contribution in [1.29, 1.82) is 0 Å². The topological polar surface area (TPSA) is 105 Å². The van der Waals surface area contributed by atoms with Crippen molar-refractivity contribution < 1.29 is 41.5 Å². The zero-order valence-electron chi connectivity index (χ0n) is 19.5. The Morgan fingerprint density at radius 1 is 1.17 bits per heavy atom. The van der Waals surface area contributed by atoms with Crippen molar-refractivity contribution >= 4 is 36.6 Å². The third kappa shape index (κ3) is 7.43. The minimum Gasteiger partial charge on any atom is -0.455 e. The molecule has 0 aliphatic carbocycles. The summed E-state index contributed by atoms with van der Waals surface area (Å²) in [5.74, 6) is -0.769. The van der Waals surface area contributed by atoms with E-state index in [0.29, 0.717) is 11.6 Å². The molecule has 0 aromatic heterocycles. The van der Waals surface area contributed by atoms with Crippen LogP contribution < -0.4 is 10.0 Å². The monoisotopic (exact) mass is 537 g/mol. The van der Waals surface area contributed by atoms with Crippen molar-refractivity contribution in [2.24, 2.45) is 5.41 Å². The highest BCUT2D eigenvalue weighted by molar-refractivity contribution is 7.48. The van der Waals surface area contributed by atoms with Crippen LogP contribution in [0.3, 0.4) is 0 Å². The highest BCUT2D eigenvalue weighted by Crippen LogP contribution is 2.39. The number of ether oxygens (including phenoxy) is 2. The number of carbonyl (C=O) groups is 1. The van der Waals surface area contributed by atoms with E-state index in [0.717, 1.165) is 24.3 Å². The molecule has 2 rings (SSSR count). The first-order valence-electron chi connectivity index (χ1n) is 10.3. The van der Waals surface area contributed by atoms with Gasteiger partial charge in [0.1, 0.15) is 16.8 Å². The molecule has 0 N–H and O–H groups in total. The van der Waals surface area contributed by atoms with Crippen molar-refractivity contribution in [3.05, 3.63) is 56.6 Å². The second kappa shape index (κ2) is 11.0. The number of hydrogen-bond acceptors (Lipinski definition) is 7. The zero-order chi connectivity index (χ0) is 26.7. The smallest absolute Gasteiger partial charge is 0.416 e. The zero-order valence-corrected chi connectivity index (χ0v) is 21.2. The van der Waals surface area contributed by atoms with Gasteiger partial charge < -0.3 is 9.47 Å². The average molecular weight is 538 g/mol. The summed E-state index contributed by atoms with van der Waals surface area (Å²) in [6, 6.07) is 4.73. The van der Waals surface area contributed by atoms with Crippen LogP contribution in [0.25, 0.3) is 0 Å². The predicted molar refractivity (Wildman–Crippen MR) is 124 cm³/mol. The molecular formula is C22H24ClF3NO7P. The van der Waals surface area contributed by atoms with Gasteiger partial charge in [-0.15, -0.1) is 0 Å². The Balaban J connectivity index is 2.42. The number of nitro benzene ring substituents is 1. The average Bonchev–Trinajstić information content (AvgIpc) is 2.72. The lowest BCUT2D eigenvalue weighted by molar-refractivity contribution is -0.383. The summed E-state index contributed by atoms with van der Waals surface area (Å²) in [7, 11) is -3.33. The Labute approximate surface area is 205 Å². The third-order valence-electron chi connectivity index (χ3n) is 4.61. The highest BCUT2D eigenvalue weighted by Gasteiger charge is 2.32. The maximum absolute atomic E-state index is 12.9. The van der Waals surface area contributed by atoms with Gasteiger partial charge in [0.05, 0.1) is 20.9 Å². The number of nitrogens with zero attached hydrogens (tertiary/aromatic N) is 1. The highest BCUT2D eigenvalue weighted by atomic mass is 35.5. The molecule has 0 aliphatic heterocycles. The SMILES string of the molecule is CCc1cc([N+](=O)[O-])c([PH](=O)OC(C)OC(=O)C(C)(C)C)cc1Oc1ccc(C(F)(F)F)cc1Cl. The minimum absolute atomic E-state index is 0.00366. The summed E-state index contributed by atoms with van der Waals surface area (Å²) in [5.41, 5.74) is -2.03. The molecule has 0 saturated heterocycles. The number of rotatable bonds is 8. The largest absolute Gasteiger partial charge is 0.455 e. The molecule has 0 saturated carbocycles. The first-order valence-corrected chi connectivity index (χ1v) is 12.0. The number of aryl methyl sites for hydroxylation is 1. The Morgan fingerprint density at radius 2 is 1.80 bits per heavy atom. The maximum Gasteiger partial charge on any atom is 0.416 e. The number of halogens is 4. The van der Waals surface area contributed by atoms with E-state index in [2.05, 4.69) is 0 Å². The van der Waals surface area contributed by atoms with E-state index in [-0.39, 0.29) is 28.2 Å². The van der Waals surface area contributed by atoms with Gasteiger partial charge in [-0.05, 0) is 52.3 Å². The molecule has 2 aromatic carbocycles. The fourth-order valence-corrected chi connectivity index (χ4v) is 4.06. The van der Waals surface area contributed by atoms with Crippen LogP contribution in [0.1, 0.15) is 45.7 Å². The van der Waals surface area contributed by atoms with Gasteiger partial charge in [0.15, 0.2) is 0 Å². The van der Waals surface area contributed by atoms with Crippen molar-refractivity contribution in [1.82, 2.24) is 0 Å². The first-order chi connectivity index (χ1) is 16.0. The van der Waals surface area contributed by atoms with Gasteiger partial charge >= 0.3 is 12.1 Å². The van der Waals surface area contributed by atoms with Gasteiger partial charge in [0.2, 0.25) is 14.3 Å². The molecule has 2 aromatic rings. The summed E-state index contributed by atoms with van der Waals surface area (Å²) < 4.78 is 67.6. The molecule has 0 fully saturated rings. The molecule has 0 bridgehead atoms. The van der Waals surface area contributed by atoms with Gasteiger partial charge in [0, 0.05) is 17.7 Å². The second-order valence-electron chi connectivity index (χ2n) is 8.46. The van der Waals surface area contributed by atoms with Crippen molar-refractivity contribution in [3.63, 3.8) is 0 Å². The van der Waals surface area contributed by atoms with Crippen molar-refractivity contribution in [2.45, 2.75) is 53.5 Å². The second-order valence-corrected chi connectivity index (χ2v) is 10.2. The first kappa shape index (κ1) is 28.6. The van der Waals surface area contributed by atoms with E-state index in [4.69, 9.17) is 25.6 Å². The van der Waals surface area contributed by atoms with E-state index in [1.807, 2.05) is 0 Å². The molecule has 35 heavy (non-hydrogen) atoms. The lowest BCUT2D eigenvalue weighted by atomic mass is 9.97. The van der Waals surface area contributed by atoms with Crippen LogP contribution in [0.4, 0.5) is 18.9 Å². The van der Waals surface area contributed by atoms with Gasteiger partial charge in [0.25, 0.3) is 5.69 Å². The molecule has 0 amide bonds. The Hall–Kier alpha value is -2.62. The number of esters is 1. The molecule has 13 heteroatoms. The van der Waals surface area contributed by atoms with Crippen LogP contribution >= 0.6 is 19.6 Å². The molecule has 192 valence electrons. The number of carbonyl (C=O) groups excluding carboxylic acids is 1. The van der Waals surface area contributed by atoms with Crippen LogP contribution in [0, 0.1) is 15.5 Å². The van der Waals surface area contributed by atoms with Crippen molar-refractivity contribution in [2.75, 3.05) is 0 Å². The Morgan fingerprint density at radius 3 is 2.29 bits per heavy atom. The van der Waals surface area contributed by atoms with Crippen LogP contribution in [0.15, 0.2) is 30.3 Å². The lowest BCUT2D eigenvalue weighted by Crippen LogP contribution is -2.27. The van der Waals surface area contributed by atoms with Crippen LogP contribution in [0.5, 0.6) is 11.5 Å². The number of nitro groups is 1. The van der Waals surface area contributed by atoms with Crippen LogP contribution in [0.2, 0.25) is 5.02 Å². The molecule has 0 radical (unpaired) electrons. The summed E-state index contributed by atoms with van der Waals surface area (Å²) >= 11 is 5.96. The maximum atomic E-state index is 12.9. The Bertz CT molecular complexity index is 1150. The van der Waals surface area contributed by atoms with E-state index in [1.165, 1.54) is 6.92 Å². The fourth-order valence-electron chi connectivity index (χ4n) is 2.74. The van der Waals surface area contributed by atoms with Crippen LogP contribution in [-0.4, -0.2) is 17.2 Å². The van der Waals surface area contributed by atoms with E-state index in [1.54, 1.807) is 27.7 Å². The number of alkyl halides is 3. The number of hydrogen-bond donors (Lipinski definition) is 0. The van der Waals surface area contributed by atoms with E-state index >= 15 is 0 Å². The molecular weight excluding hydrogens is 514 g/mol. The standard InChI is InChI=1S/C22H24ClF3NO7P/c1-6-13-9-16(27(29)30)19(35(31)34-12(2)32-20(28)21(3,4)5)11-18(13)33-17-8-7-14(10-15(17)23)22(24,25)26/h7-12,35H,6H2,1-5H3. The minimum atomic E-state index is -4.61. The van der Waals surface area contributed by atoms with Gasteiger partial charge in [-0.3, -0.25) is 24.0 Å². The summed E-state index contributed by atoms with van der Waals surface area (Å²) in [4.78, 5) is 22.9. The fraction of sp³-hybridized carbons (Fsp3) is 0.409. The molecule has 2 unspecified atom stereocenters. The molecule has 0 heterocycles. The normalized spacial score (nSPS) is 13.7. The molecule has 2 atom stereocenters. The summed E-state index contributed by atoms with van der Waals surface area (Å²) in [6.07, 6.45) is -5.63.